The smallest absolute Gasteiger partial charge is 0.262 e. The number of aromatic nitrogens is 1. The summed E-state index contributed by atoms with van der Waals surface area (Å²) in [4.78, 5) is 16.9. The molecule has 0 bridgehead atoms. The Labute approximate surface area is 193 Å². The summed E-state index contributed by atoms with van der Waals surface area (Å²) in [5.41, 5.74) is 2.38. The first-order valence-electron chi connectivity index (χ1n) is 9.83. The molecule has 32 heavy (non-hydrogen) atoms. The lowest BCUT2D eigenvalue weighted by Crippen LogP contribution is -2.20. The Morgan fingerprint density at radius 1 is 0.938 bits per heavy atom. The number of amides is 1. The van der Waals surface area contributed by atoms with Crippen molar-refractivity contribution in [1.82, 2.24) is 4.98 Å². The maximum absolute atomic E-state index is 12.5. The molecule has 1 amide bonds. The molecule has 1 aromatic heterocycles. The summed E-state index contributed by atoms with van der Waals surface area (Å²) in [5, 5.41) is 5.90. The molecule has 0 spiro atoms. The molecule has 0 unspecified atom stereocenters. The molecule has 0 aliphatic heterocycles. The number of fused-ring (bicyclic) bond motifs is 2. The van der Waals surface area contributed by atoms with E-state index in [1.807, 2.05) is 42.5 Å². The lowest BCUT2D eigenvalue weighted by Gasteiger charge is -2.10. The Balaban J connectivity index is 1.31. The first-order valence-corrected chi connectivity index (χ1v) is 10.6. The molecule has 158 valence electrons. The highest BCUT2D eigenvalue weighted by atomic mass is 35.5. The van der Waals surface area contributed by atoms with Gasteiger partial charge in [0.25, 0.3) is 5.91 Å². The van der Waals surface area contributed by atoms with Crippen molar-refractivity contribution in [2.75, 3.05) is 11.9 Å². The van der Waals surface area contributed by atoms with E-state index >= 15 is 0 Å². The quantitative estimate of drug-likeness (QED) is 0.306. The number of carbonyl (C=O) groups is 1. The second kappa shape index (κ2) is 8.54. The van der Waals surface area contributed by atoms with Gasteiger partial charge < -0.3 is 14.5 Å². The van der Waals surface area contributed by atoms with E-state index in [9.17, 15) is 4.79 Å². The van der Waals surface area contributed by atoms with E-state index in [0.29, 0.717) is 44.0 Å². The number of hydrogen-bond donors (Lipinski definition) is 1. The first-order chi connectivity index (χ1) is 15.5. The van der Waals surface area contributed by atoms with Gasteiger partial charge in [-0.25, -0.2) is 4.98 Å². The van der Waals surface area contributed by atoms with Crippen molar-refractivity contribution in [3.05, 3.63) is 88.9 Å². The van der Waals surface area contributed by atoms with E-state index in [0.717, 1.165) is 10.8 Å². The van der Waals surface area contributed by atoms with Crippen molar-refractivity contribution >= 4 is 56.7 Å². The van der Waals surface area contributed by atoms with Crippen molar-refractivity contribution in [1.29, 1.82) is 0 Å². The second-order valence-corrected chi connectivity index (χ2v) is 8.02. The predicted molar refractivity (Wildman–Crippen MR) is 128 cm³/mol. The van der Waals surface area contributed by atoms with Crippen LogP contribution in [0.4, 0.5) is 5.69 Å². The number of halogens is 2. The van der Waals surface area contributed by atoms with E-state index in [2.05, 4.69) is 10.3 Å². The summed E-state index contributed by atoms with van der Waals surface area (Å²) in [6, 6.07) is 24.0. The third-order valence-electron chi connectivity index (χ3n) is 4.93. The minimum Gasteiger partial charge on any atom is -0.484 e. The molecule has 0 radical (unpaired) electrons. The van der Waals surface area contributed by atoms with Gasteiger partial charge >= 0.3 is 0 Å². The normalized spacial score (nSPS) is 11.1. The minimum absolute atomic E-state index is 0.152. The zero-order chi connectivity index (χ0) is 22.1. The molecule has 5 nitrogen and oxygen atoms in total. The number of nitrogens with one attached hydrogen (secondary N) is 1. The average molecular weight is 463 g/mol. The molecule has 0 aliphatic carbocycles. The summed E-state index contributed by atoms with van der Waals surface area (Å²) in [7, 11) is 0. The van der Waals surface area contributed by atoms with Gasteiger partial charge in [0.15, 0.2) is 12.2 Å². The molecule has 4 aromatic carbocycles. The van der Waals surface area contributed by atoms with E-state index in [1.165, 1.54) is 0 Å². The maximum atomic E-state index is 12.5. The summed E-state index contributed by atoms with van der Waals surface area (Å²) < 4.78 is 11.5. The molecular weight excluding hydrogens is 447 g/mol. The van der Waals surface area contributed by atoms with Crippen LogP contribution in [-0.4, -0.2) is 17.5 Å². The molecular formula is C25H16Cl2N2O3. The zero-order valence-electron chi connectivity index (χ0n) is 16.6. The van der Waals surface area contributed by atoms with E-state index in [-0.39, 0.29) is 12.5 Å². The molecule has 5 aromatic rings. The number of benzene rings is 4. The average Bonchev–Trinajstić information content (AvgIpc) is 3.22. The largest absolute Gasteiger partial charge is 0.484 e. The van der Waals surface area contributed by atoms with Crippen LogP contribution < -0.4 is 10.1 Å². The lowest BCUT2D eigenvalue weighted by atomic mass is 10.1. The van der Waals surface area contributed by atoms with Crippen molar-refractivity contribution in [3.8, 4) is 17.2 Å². The fraction of sp³-hybridized carbons (Fsp3) is 0.0400. The van der Waals surface area contributed by atoms with Crippen LogP contribution in [0.5, 0.6) is 5.75 Å². The van der Waals surface area contributed by atoms with Gasteiger partial charge in [0.05, 0.1) is 10.7 Å². The molecule has 7 heteroatoms. The third kappa shape index (κ3) is 4.26. The fourth-order valence-electron chi connectivity index (χ4n) is 3.37. The molecule has 0 aliphatic rings. The minimum atomic E-state index is -0.332. The van der Waals surface area contributed by atoms with Gasteiger partial charge in [0, 0.05) is 10.6 Å². The third-order valence-corrected chi connectivity index (χ3v) is 5.49. The van der Waals surface area contributed by atoms with Gasteiger partial charge in [-0.15, -0.1) is 0 Å². The van der Waals surface area contributed by atoms with E-state index in [4.69, 9.17) is 32.4 Å². The van der Waals surface area contributed by atoms with Gasteiger partial charge in [-0.3, -0.25) is 4.79 Å². The Hall–Kier alpha value is -3.54. The molecule has 0 atom stereocenters. The number of nitrogens with zero attached hydrogens (tertiary/aromatic N) is 1. The van der Waals surface area contributed by atoms with E-state index in [1.54, 1.807) is 36.4 Å². The first kappa shape index (κ1) is 20.4. The topological polar surface area (TPSA) is 64.4 Å². The van der Waals surface area contributed by atoms with Crippen LogP contribution in [0.2, 0.25) is 10.0 Å². The van der Waals surface area contributed by atoms with Crippen LogP contribution in [0.15, 0.2) is 83.3 Å². The van der Waals surface area contributed by atoms with Gasteiger partial charge in [-0.05, 0) is 59.3 Å². The van der Waals surface area contributed by atoms with Crippen molar-refractivity contribution in [3.63, 3.8) is 0 Å². The Bertz CT molecular complexity index is 1460. The summed E-state index contributed by atoms with van der Waals surface area (Å²) in [5.74, 6) is 0.687. The highest BCUT2D eigenvalue weighted by Gasteiger charge is 2.13. The van der Waals surface area contributed by atoms with Crippen LogP contribution in [0.1, 0.15) is 0 Å². The lowest BCUT2D eigenvalue weighted by molar-refractivity contribution is -0.118. The molecule has 1 heterocycles. The number of ether oxygens (including phenoxy) is 1. The Morgan fingerprint density at radius 2 is 1.78 bits per heavy atom. The molecule has 0 saturated heterocycles. The summed E-state index contributed by atoms with van der Waals surface area (Å²) in [6.07, 6.45) is 0. The predicted octanol–water partition coefficient (Wildman–Crippen LogP) is 6.97. The van der Waals surface area contributed by atoms with Crippen molar-refractivity contribution < 1.29 is 13.9 Å². The molecule has 1 N–H and O–H groups in total. The maximum Gasteiger partial charge on any atom is 0.262 e. The van der Waals surface area contributed by atoms with Crippen molar-refractivity contribution in [2.24, 2.45) is 0 Å². The zero-order valence-corrected chi connectivity index (χ0v) is 18.2. The summed E-state index contributed by atoms with van der Waals surface area (Å²) in [6.45, 7) is -0.152. The van der Waals surface area contributed by atoms with Crippen LogP contribution in [0.25, 0.3) is 33.3 Å². The van der Waals surface area contributed by atoms with Crippen LogP contribution >= 0.6 is 23.2 Å². The monoisotopic (exact) mass is 462 g/mol. The Morgan fingerprint density at radius 3 is 2.66 bits per heavy atom. The fourth-order valence-corrected chi connectivity index (χ4v) is 3.70. The second-order valence-electron chi connectivity index (χ2n) is 7.17. The number of rotatable bonds is 5. The molecule has 0 fully saturated rings. The number of oxazole rings is 1. The van der Waals surface area contributed by atoms with Crippen LogP contribution in [-0.2, 0) is 4.79 Å². The van der Waals surface area contributed by atoms with Gasteiger partial charge in [0.1, 0.15) is 11.3 Å². The standard InChI is InChI=1S/C25H16Cl2N2O3/c26-18-7-10-23-22(13-18)29-25(32-23)17-6-9-20(27)21(12-17)28-24(30)14-31-19-8-5-15-3-1-2-4-16(15)11-19/h1-13H,14H2,(H,28,30). The highest BCUT2D eigenvalue weighted by molar-refractivity contribution is 6.34. The number of hydrogen-bond acceptors (Lipinski definition) is 4. The van der Waals surface area contributed by atoms with Gasteiger partial charge in [-0.2, -0.15) is 0 Å². The number of carbonyl (C=O) groups excluding carboxylic acids is 1. The van der Waals surface area contributed by atoms with Crippen molar-refractivity contribution in [2.45, 2.75) is 0 Å². The van der Waals surface area contributed by atoms with Gasteiger partial charge in [-0.1, -0.05) is 53.5 Å². The number of anilines is 1. The summed E-state index contributed by atoms with van der Waals surface area (Å²) >= 11 is 12.3. The van der Waals surface area contributed by atoms with Crippen LogP contribution in [0, 0.1) is 0 Å². The molecule has 0 saturated carbocycles. The highest BCUT2D eigenvalue weighted by Crippen LogP contribution is 2.31. The SMILES string of the molecule is O=C(COc1ccc2ccccc2c1)Nc1cc(-c2nc3cc(Cl)ccc3o2)ccc1Cl. The Kier molecular flexibility index (Phi) is 5.43. The molecule has 5 rings (SSSR count). The van der Waals surface area contributed by atoms with Gasteiger partial charge in [0.2, 0.25) is 5.89 Å². The van der Waals surface area contributed by atoms with E-state index < -0.39 is 0 Å². The van der Waals surface area contributed by atoms with Crippen LogP contribution in [0.3, 0.4) is 0 Å².